The SMILES string of the molecule is CCC(C)CC(CCc1ccc([Si](C)(C)[Si](C)(C)C)cc1)c1ccc2c(c1)OCO2. The molecule has 0 aromatic heterocycles. The smallest absolute Gasteiger partial charge is 0.231 e. The van der Waals surface area contributed by atoms with Gasteiger partial charge in [0.05, 0.1) is 7.59 Å². The third-order valence-corrected chi connectivity index (χ3v) is 25.2. The van der Waals surface area contributed by atoms with Crippen LogP contribution in [0.4, 0.5) is 0 Å². The summed E-state index contributed by atoms with van der Waals surface area (Å²) in [6.07, 6.45) is 4.76. The van der Waals surface area contributed by atoms with E-state index in [-0.39, 0.29) is 0 Å². The summed E-state index contributed by atoms with van der Waals surface area (Å²) >= 11 is 0. The first-order chi connectivity index (χ1) is 14.1. The van der Waals surface area contributed by atoms with Gasteiger partial charge in [0.15, 0.2) is 11.5 Å². The summed E-state index contributed by atoms with van der Waals surface area (Å²) in [5.41, 5.74) is 2.86. The minimum Gasteiger partial charge on any atom is -0.454 e. The molecule has 2 aromatic carbocycles. The summed E-state index contributed by atoms with van der Waals surface area (Å²) in [5.74, 6) is 3.07. The molecule has 0 radical (unpaired) electrons. The zero-order valence-corrected chi connectivity index (χ0v) is 22.0. The quantitative estimate of drug-likeness (QED) is 0.395. The van der Waals surface area contributed by atoms with Crippen molar-refractivity contribution in [2.24, 2.45) is 5.92 Å². The normalized spacial score (nSPS) is 15.8. The van der Waals surface area contributed by atoms with Crippen LogP contribution in [0, 0.1) is 5.92 Å². The van der Waals surface area contributed by atoms with Crippen molar-refractivity contribution >= 4 is 20.4 Å². The van der Waals surface area contributed by atoms with Gasteiger partial charge in [-0.05, 0) is 54.4 Å². The van der Waals surface area contributed by atoms with Crippen molar-refractivity contribution in [1.29, 1.82) is 0 Å². The molecular weight excluding hydrogens is 400 g/mol. The fraction of sp³-hybridized carbons (Fsp3) is 0.538. The second-order valence-corrected chi connectivity index (χ2v) is 27.2. The van der Waals surface area contributed by atoms with Crippen LogP contribution in [0.15, 0.2) is 42.5 Å². The van der Waals surface area contributed by atoms with E-state index >= 15 is 0 Å². The topological polar surface area (TPSA) is 18.5 Å². The van der Waals surface area contributed by atoms with Gasteiger partial charge in [0, 0.05) is 7.59 Å². The van der Waals surface area contributed by atoms with Crippen molar-refractivity contribution in [2.75, 3.05) is 6.79 Å². The second-order valence-electron chi connectivity index (χ2n) is 10.7. The van der Waals surface area contributed by atoms with Crippen molar-refractivity contribution in [3.63, 3.8) is 0 Å². The molecule has 1 aliphatic heterocycles. The third kappa shape index (κ3) is 5.20. The van der Waals surface area contributed by atoms with Crippen LogP contribution in [0.2, 0.25) is 32.7 Å². The third-order valence-electron chi connectivity index (χ3n) is 7.58. The van der Waals surface area contributed by atoms with Crippen LogP contribution in [0.1, 0.15) is 50.2 Å². The lowest BCUT2D eigenvalue weighted by Gasteiger charge is -2.35. The van der Waals surface area contributed by atoms with E-state index in [4.69, 9.17) is 9.47 Å². The minimum atomic E-state index is -1.32. The zero-order valence-electron chi connectivity index (χ0n) is 20.0. The number of hydrogen-bond donors (Lipinski definition) is 0. The molecule has 0 spiro atoms. The standard InChI is InChI=1S/C26H40O2Si2/c1-8-20(2)17-22(23-13-16-25-26(18-23)28-19-27-25)12-9-21-10-14-24(15-11-21)30(6,7)29(3,4)5/h10-11,13-16,18,20,22H,8-9,12,17,19H2,1-7H3. The van der Waals surface area contributed by atoms with E-state index in [9.17, 15) is 0 Å². The number of hydrogen-bond acceptors (Lipinski definition) is 2. The molecule has 2 atom stereocenters. The van der Waals surface area contributed by atoms with Gasteiger partial charge in [-0.25, -0.2) is 0 Å². The predicted molar refractivity (Wildman–Crippen MR) is 135 cm³/mol. The van der Waals surface area contributed by atoms with Crippen LogP contribution >= 0.6 is 0 Å². The Labute approximate surface area is 185 Å². The molecule has 164 valence electrons. The lowest BCUT2D eigenvalue weighted by Crippen LogP contribution is -2.61. The first-order valence-corrected chi connectivity index (χ1v) is 19.1. The molecule has 0 amide bonds. The van der Waals surface area contributed by atoms with Crippen molar-refractivity contribution < 1.29 is 9.47 Å². The molecule has 2 aromatic rings. The fourth-order valence-corrected chi connectivity index (χ4v) is 9.07. The highest BCUT2D eigenvalue weighted by Gasteiger charge is 2.38. The van der Waals surface area contributed by atoms with E-state index in [0.717, 1.165) is 23.8 Å². The van der Waals surface area contributed by atoms with Crippen LogP contribution in [-0.4, -0.2) is 22.0 Å². The number of rotatable bonds is 9. The van der Waals surface area contributed by atoms with Crippen molar-refractivity contribution in [3.8, 4) is 11.5 Å². The van der Waals surface area contributed by atoms with E-state index in [0.29, 0.717) is 12.7 Å². The molecule has 30 heavy (non-hydrogen) atoms. The maximum atomic E-state index is 5.64. The predicted octanol–water partition coefficient (Wildman–Crippen LogP) is 6.90. The number of fused-ring (bicyclic) bond motifs is 1. The van der Waals surface area contributed by atoms with Crippen LogP contribution in [0.25, 0.3) is 0 Å². The van der Waals surface area contributed by atoms with Gasteiger partial charge in [-0.1, -0.05) is 88.5 Å². The number of ether oxygens (including phenoxy) is 2. The summed E-state index contributed by atoms with van der Waals surface area (Å²) in [7, 11) is -2.46. The molecule has 3 rings (SSSR count). The first kappa shape index (κ1) is 23.1. The molecule has 0 bridgehead atoms. The largest absolute Gasteiger partial charge is 0.454 e. The Morgan fingerprint density at radius 1 is 0.900 bits per heavy atom. The number of aryl methyl sites for hydroxylation is 1. The van der Waals surface area contributed by atoms with Crippen molar-refractivity contribution in [3.05, 3.63) is 53.6 Å². The summed E-state index contributed by atoms with van der Waals surface area (Å²) in [5, 5.41) is 1.62. The average Bonchev–Trinajstić information content (AvgIpc) is 3.18. The van der Waals surface area contributed by atoms with Crippen LogP contribution in [0.5, 0.6) is 11.5 Å². The molecule has 4 heteroatoms. The van der Waals surface area contributed by atoms with Gasteiger partial charge >= 0.3 is 0 Å². The van der Waals surface area contributed by atoms with E-state index in [1.807, 2.05) is 0 Å². The molecule has 0 saturated heterocycles. The Morgan fingerprint density at radius 3 is 2.20 bits per heavy atom. The van der Waals surface area contributed by atoms with E-state index < -0.39 is 15.2 Å². The monoisotopic (exact) mass is 440 g/mol. The van der Waals surface area contributed by atoms with Gasteiger partial charge in [-0.3, -0.25) is 0 Å². The van der Waals surface area contributed by atoms with Gasteiger partial charge in [0.25, 0.3) is 0 Å². The molecular formula is C26H40O2Si2. The highest BCUT2D eigenvalue weighted by molar-refractivity contribution is 7.45. The molecule has 0 saturated carbocycles. The molecule has 2 nitrogen and oxygen atoms in total. The van der Waals surface area contributed by atoms with Crippen LogP contribution in [-0.2, 0) is 6.42 Å². The minimum absolute atomic E-state index is 0.345. The Hall–Kier alpha value is -1.53. The Bertz CT molecular complexity index is 837. The molecule has 1 heterocycles. The maximum absolute atomic E-state index is 5.64. The highest BCUT2D eigenvalue weighted by Crippen LogP contribution is 2.38. The molecule has 0 fully saturated rings. The summed E-state index contributed by atoms with van der Waals surface area (Å²) in [4.78, 5) is 0. The Morgan fingerprint density at radius 2 is 1.57 bits per heavy atom. The second kappa shape index (κ2) is 9.31. The van der Waals surface area contributed by atoms with Crippen molar-refractivity contribution in [2.45, 2.75) is 78.2 Å². The Balaban J connectivity index is 1.73. The average molecular weight is 441 g/mol. The summed E-state index contributed by atoms with van der Waals surface area (Å²) < 4.78 is 11.2. The van der Waals surface area contributed by atoms with E-state index in [2.05, 4.69) is 89.0 Å². The lowest BCUT2D eigenvalue weighted by atomic mass is 9.84. The van der Waals surface area contributed by atoms with E-state index in [1.54, 1.807) is 5.19 Å². The van der Waals surface area contributed by atoms with Crippen LogP contribution in [0.3, 0.4) is 0 Å². The van der Waals surface area contributed by atoms with Gasteiger partial charge in [-0.2, -0.15) is 0 Å². The van der Waals surface area contributed by atoms with Crippen LogP contribution < -0.4 is 14.7 Å². The highest BCUT2D eigenvalue weighted by atomic mass is 29.3. The summed E-state index contributed by atoms with van der Waals surface area (Å²) in [6, 6.07) is 16.2. The fourth-order valence-electron chi connectivity index (χ4n) is 4.10. The van der Waals surface area contributed by atoms with Gasteiger partial charge < -0.3 is 9.47 Å². The Kier molecular flexibility index (Phi) is 7.18. The van der Waals surface area contributed by atoms with Gasteiger partial charge in [0.2, 0.25) is 6.79 Å². The molecule has 2 unspecified atom stereocenters. The molecule has 1 aliphatic rings. The lowest BCUT2D eigenvalue weighted by molar-refractivity contribution is 0.174. The number of benzene rings is 2. The van der Waals surface area contributed by atoms with Crippen molar-refractivity contribution in [1.82, 2.24) is 0 Å². The van der Waals surface area contributed by atoms with Gasteiger partial charge in [0.1, 0.15) is 0 Å². The maximum Gasteiger partial charge on any atom is 0.231 e. The molecule has 0 aliphatic carbocycles. The first-order valence-electron chi connectivity index (χ1n) is 11.6. The summed E-state index contributed by atoms with van der Waals surface area (Å²) in [6.45, 7) is 17.7. The van der Waals surface area contributed by atoms with Gasteiger partial charge in [-0.15, -0.1) is 0 Å². The molecule has 0 N–H and O–H groups in total. The van der Waals surface area contributed by atoms with E-state index in [1.165, 1.54) is 30.4 Å². The zero-order chi connectivity index (χ0) is 21.9.